The van der Waals surface area contributed by atoms with Gasteiger partial charge in [-0.05, 0) is 31.2 Å². The van der Waals surface area contributed by atoms with Gasteiger partial charge in [0.25, 0.3) is 0 Å². The molecule has 3 nitrogen and oxygen atoms in total. The summed E-state index contributed by atoms with van der Waals surface area (Å²) in [5, 5.41) is 5.69. The fourth-order valence-electron chi connectivity index (χ4n) is 1.44. The van der Waals surface area contributed by atoms with Crippen molar-refractivity contribution in [3.63, 3.8) is 0 Å². The number of carbonyl (C=O) groups excluding carboxylic acids is 1. The molecule has 4 heteroatoms. The molecule has 0 aliphatic carbocycles. The first kappa shape index (κ1) is 13.6. The van der Waals surface area contributed by atoms with E-state index in [2.05, 4.69) is 10.6 Å². The van der Waals surface area contributed by atoms with Crippen LogP contribution in [0.3, 0.4) is 0 Å². The molecule has 0 saturated heterocycles. The second-order valence-electron chi connectivity index (χ2n) is 4.18. The second kappa shape index (κ2) is 6.35. The number of amides is 1. The minimum absolute atomic E-state index is 0.171. The van der Waals surface area contributed by atoms with Crippen LogP contribution in [0.2, 0.25) is 0 Å². The highest BCUT2D eigenvalue weighted by Gasteiger charge is 2.14. The Morgan fingerprint density at radius 2 is 2.18 bits per heavy atom. The van der Waals surface area contributed by atoms with Gasteiger partial charge in [0.15, 0.2) is 0 Å². The summed E-state index contributed by atoms with van der Waals surface area (Å²) >= 11 is 0. The molecule has 0 aliphatic rings. The van der Waals surface area contributed by atoms with Crippen LogP contribution in [0.5, 0.6) is 0 Å². The molecule has 0 fully saturated rings. The predicted octanol–water partition coefficient (Wildman–Crippen LogP) is 2.32. The van der Waals surface area contributed by atoms with Crippen molar-refractivity contribution >= 4 is 11.6 Å². The first-order valence-electron chi connectivity index (χ1n) is 5.82. The Bertz CT molecular complexity index is 393. The van der Waals surface area contributed by atoms with Crippen molar-refractivity contribution < 1.29 is 9.18 Å². The van der Waals surface area contributed by atoms with Gasteiger partial charge in [0.2, 0.25) is 5.91 Å². The van der Waals surface area contributed by atoms with Gasteiger partial charge in [0, 0.05) is 12.5 Å². The topological polar surface area (TPSA) is 41.1 Å². The molecule has 1 rings (SSSR count). The minimum Gasteiger partial charge on any atom is -0.323 e. The van der Waals surface area contributed by atoms with E-state index in [1.54, 1.807) is 12.1 Å². The van der Waals surface area contributed by atoms with Crippen molar-refractivity contribution in [1.82, 2.24) is 5.32 Å². The summed E-state index contributed by atoms with van der Waals surface area (Å²) in [6, 6.07) is 4.67. The number of rotatable bonds is 5. The molecule has 1 unspecified atom stereocenters. The van der Waals surface area contributed by atoms with Gasteiger partial charge in [-0.1, -0.05) is 19.9 Å². The molecule has 0 aromatic heterocycles. The Hall–Kier alpha value is -1.42. The van der Waals surface area contributed by atoms with Crippen molar-refractivity contribution in [3.05, 3.63) is 29.6 Å². The fraction of sp³-hybridized carbons (Fsp3) is 0.462. The molecule has 1 aromatic rings. The minimum atomic E-state index is -0.403. The number of carbonyl (C=O) groups is 1. The van der Waals surface area contributed by atoms with Gasteiger partial charge in [0.05, 0.1) is 5.69 Å². The van der Waals surface area contributed by atoms with Crippen LogP contribution < -0.4 is 10.6 Å². The Morgan fingerprint density at radius 3 is 2.82 bits per heavy atom. The smallest absolute Gasteiger partial charge is 0.228 e. The maximum atomic E-state index is 13.4. The van der Waals surface area contributed by atoms with Gasteiger partial charge in [0.1, 0.15) is 5.82 Å². The van der Waals surface area contributed by atoms with Crippen LogP contribution in [0, 0.1) is 18.7 Å². The SMILES string of the molecule is CCNCC(C)C(=O)Nc1cc(C)ccc1F. The summed E-state index contributed by atoms with van der Waals surface area (Å²) < 4.78 is 13.4. The molecular weight excluding hydrogens is 219 g/mol. The molecule has 0 radical (unpaired) electrons. The standard InChI is InChI=1S/C13H19FN2O/c1-4-15-8-10(3)13(17)16-12-7-9(2)5-6-11(12)14/h5-7,10,15H,4,8H2,1-3H3,(H,16,17). The van der Waals surface area contributed by atoms with Gasteiger partial charge >= 0.3 is 0 Å². The van der Waals surface area contributed by atoms with Crippen LogP contribution in [0.4, 0.5) is 10.1 Å². The largest absolute Gasteiger partial charge is 0.323 e. The highest BCUT2D eigenvalue weighted by molar-refractivity contribution is 5.92. The maximum absolute atomic E-state index is 13.4. The number of aryl methyl sites for hydroxylation is 1. The average Bonchev–Trinajstić information content (AvgIpc) is 2.30. The molecule has 1 amide bonds. The third kappa shape index (κ3) is 4.15. The lowest BCUT2D eigenvalue weighted by molar-refractivity contribution is -0.119. The van der Waals surface area contributed by atoms with Crippen LogP contribution in [0.25, 0.3) is 0 Å². The number of hydrogen-bond donors (Lipinski definition) is 2. The number of anilines is 1. The lowest BCUT2D eigenvalue weighted by Gasteiger charge is -2.13. The Labute approximate surface area is 101 Å². The summed E-state index contributed by atoms with van der Waals surface area (Å²) in [6.07, 6.45) is 0. The van der Waals surface area contributed by atoms with E-state index in [1.807, 2.05) is 20.8 Å². The summed E-state index contributed by atoms with van der Waals surface area (Å²) in [7, 11) is 0. The molecule has 0 aliphatic heterocycles. The van der Waals surface area contributed by atoms with Crippen LogP contribution in [0.1, 0.15) is 19.4 Å². The number of nitrogens with one attached hydrogen (secondary N) is 2. The van der Waals surface area contributed by atoms with Crippen molar-refractivity contribution in [2.24, 2.45) is 5.92 Å². The van der Waals surface area contributed by atoms with Gasteiger partial charge in [-0.3, -0.25) is 4.79 Å². The van der Waals surface area contributed by atoms with E-state index in [4.69, 9.17) is 0 Å². The first-order chi connectivity index (χ1) is 8.04. The van der Waals surface area contributed by atoms with Crippen molar-refractivity contribution in [1.29, 1.82) is 0 Å². The van der Waals surface area contributed by atoms with E-state index in [0.717, 1.165) is 12.1 Å². The molecular formula is C13H19FN2O. The van der Waals surface area contributed by atoms with Crippen LogP contribution in [-0.2, 0) is 4.79 Å². The fourth-order valence-corrected chi connectivity index (χ4v) is 1.44. The molecule has 0 saturated carbocycles. The third-order valence-corrected chi connectivity index (χ3v) is 2.53. The van der Waals surface area contributed by atoms with Crippen LogP contribution >= 0.6 is 0 Å². The van der Waals surface area contributed by atoms with Crippen LogP contribution in [0.15, 0.2) is 18.2 Å². The van der Waals surface area contributed by atoms with Crippen molar-refractivity contribution in [3.8, 4) is 0 Å². The molecule has 17 heavy (non-hydrogen) atoms. The first-order valence-corrected chi connectivity index (χ1v) is 5.82. The molecule has 0 bridgehead atoms. The van der Waals surface area contributed by atoms with Crippen molar-refractivity contribution in [2.75, 3.05) is 18.4 Å². The predicted molar refractivity (Wildman–Crippen MR) is 67.5 cm³/mol. The molecule has 94 valence electrons. The van der Waals surface area contributed by atoms with Crippen LogP contribution in [-0.4, -0.2) is 19.0 Å². The zero-order chi connectivity index (χ0) is 12.8. The number of benzene rings is 1. The van der Waals surface area contributed by atoms with E-state index in [9.17, 15) is 9.18 Å². The van der Waals surface area contributed by atoms with Gasteiger partial charge in [-0.15, -0.1) is 0 Å². The summed E-state index contributed by atoms with van der Waals surface area (Å²) in [5.74, 6) is -0.759. The summed E-state index contributed by atoms with van der Waals surface area (Å²) in [4.78, 5) is 11.8. The monoisotopic (exact) mass is 238 g/mol. The summed E-state index contributed by atoms with van der Waals surface area (Å²) in [5.41, 5.74) is 1.17. The van der Waals surface area contributed by atoms with E-state index < -0.39 is 5.82 Å². The number of halogens is 1. The maximum Gasteiger partial charge on any atom is 0.228 e. The van der Waals surface area contributed by atoms with E-state index in [-0.39, 0.29) is 17.5 Å². The molecule has 1 atom stereocenters. The zero-order valence-electron chi connectivity index (χ0n) is 10.5. The highest BCUT2D eigenvalue weighted by atomic mass is 19.1. The molecule has 0 spiro atoms. The quantitative estimate of drug-likeness (QED) is 0.826. The molecule has 0 heterocycles. The second-order valence-corrected chi connectivity index (χ2v) is 4.18. The lowest BCUT2D eigenvalue weighted by Crippen LogP contribution is -2.30. The van der Waals surface area contributed by atoms with E-state index in [0.29, 0.717) is 6.54 Å². The van der Waals surface area contributed by atoms with Gasteiger partial charge in [-0.25, -0.2) is 4.39 Å². The average molecular weight is 238 g/mol. The zero-order valence-corrected chi connectivity index (χ0v) is 10.5. The molecule has 1 aromatic carbocycles. The lowest BCUT2D eigenvalue weighted by atomic mass is 10.1. The van der Waals surface area contributed by atoms with Crippen molar-refractivity contribution in [2.45, 2.75) is 20.8 Å². The van der Waals surface area contributed by atoms with Gasteiger partial charge < -0.3 is 10.6 Å². The van der Waals surface area contributed by atoms with Gasteiger partial charge in [-0.2, -0.15) is 0 Å². The van der Waals surface area contributed by atoms with E-state index >= 15 is 0 Å². The molecule has 2 N–H and O–H groups in total. The normalized spacial score (nSPS) is 12.2. The number of hydrogen-bond acceptors (Lipinski definition) is 2. The Kier molecular flexibility index (Phi) is 5.10. The Morgan fingerprint density at radius 1 is 1.47 bits per heavy atom. The highest BCUT2D eigenvalue weighted by Crippen LogP contribution is 2.16. The Balaban J connectivity index is 2.64. The third-order valence-electron chi connectivity index (χ3n) is 2.53. The van der Waals surface area contributed by atoms with E-state index in [1.165, 1.54) is 6.07 Å². The summed E-state index contributed by atoms with van der Waals surface area (Å²) in [6.45, 7) is 7.06.